The second-order valence-corrected chi connectivity index (χ2v) is 7.63. The number of amides is 1. The SMILES string of the molecule is C#Cc1ccc(Nc2cc(Cl)ncc2C(=O)NOCC)c(N(C)S(=O)(=O)OC)c1. The fourth-order valence-electron chi connectivity index (χ4n) is 2.27. The molecule has 0 fully saturated rings. The molecule has 2 N–H and O–H groups in total. The predicted molar refractivity (Wildman–Crippen MR) is 110 cm³/mol. The first-order valence-electron chi connectivity index (χ1n) is 8.23. The fourth-order valence-corrected chi connectivity index (χ4v) is 3.05. The number of anilines is 3. The zero-order valence-corrected chi connectivity index (χ0v) is 17.5. The molecular formula is C18H19ClN4O5S. The van der Waals surface area contributed by atoms with Crippen LogP contribution in [-0.4, -0.2) is 40.1 Å². The summed E-state index contributed by atoms with van der Waals surface area (Å²) in [4.78, 5) is 21.2. The summed E-state index contributed by atoms with van der Waals surface area (Å²) in [5, 5.41) is 3.12. The highest BCUT2D eigenvalue weighted by Gasteiger charge is 2.22. The number of nitrogens with one attached hydrogen (secondary N) is 2. The highest BCUT2D eigenvalue weighted by atomic mass is 35.5. The molecular weight excluding hydrogens is 420 g/mol. The molecule has 2 rings (SSSR count). The van der Waals surface area contributed by atoms with Crippen LogP contribution in [-0.2, 0) is 19.3 Å². The van der Waals surface area contributed by atoms with E-state index in [1.54, 1.807) is 19.1 Å². The van der Waals surface area contributed by atoms with E-state index in [1.165, 1.54) is 25.4 Å². The Bertz CT molecular complexity index is 1050. The monoisotopic (exact) mass is 438 g/mol. The highest BCUT2D eigenvalue weighted by Crippen LogP contribution is 2.33. The van der Waals surface area contributed by atoms with Gasteiger partial charge in [-0.25, -0.2) is 14.8 Å². The van der Waals surface area contributed by atoms with Gasteiger partial charge in [0.05, 0.1) is 36.3 Å². The van der Waals surface area contributed by atoms with E-state index in [0.717, 1.165) is 11.4 Å². The van der Waals surface area contributed by atoms with Gasteiger partial charge in [0.1, 0.15) is 5.15 Å². The van der Waals surface area contributed by atoms with Gasteiger partial charge in [-0.1, -0.05) is 17.5 Å². The molecule has 11 heteroatoms. The average molecular weight is 439 g/mol. The summed E-state index contributed by atoms with van der Waals surface area (Å²) in [6, 6.07) is 6.10. The number of rotatable bonds is 8. The first kappa shape index (κ1) is 22.4. The standard InChI is InChI=1S/C18H19ClN4O5S/c1-5-12-7-8-14(16(9-12)23(3)29(25,26)27-4)21-15-10-17(19)20-11-13(15)18(24)22-28-6-2/h1,7-11H,6H2,2-4H3,(H,20,21)(H,22,24). The van der Waals surface area contributed by atoms with Crippen molar-refractivity contribution in [2.75, 3.05) is 30.4 Å². The molecule has 9 nitrogen and oxygen atoms in total. The van der Waals surface area contributed by atoms with Crippen LogP contribution in [0.5, 0.6) is 0 Å². The number of carbonyl (C=O) groups excluding carboxylic acids is 1. The summed E-state index contributed by atoms with van der Waals surface area (Å²) in [5.41, 5.74) is 3.66. The van der Waals surface area contributed by atoms with E-state index in [9.17, 15) is 13.2 Å². The van der Waals surface area contributed by atoms with Gasteiger partial charge in [-0.2, -0.15) is 8.42 Å². The number of nitrogens with zero attached hydrogens (tertiary/aromatic N) is 2. The molecule has 0 aliphatic heterocycles. The van der Waals surface area contributed by atoms with Crippen LogP contribution >= 0.6 is 11.6 Å². The van der Waals surface area contributed by atoms with Crippen molar-refractivity contribution in [2.24, 2.45) is 0 Å². The summed E-state index contributed by atoms with van der Waals surface area (Å²) in [6.45, 7) is 1.98. The Morgan fingerprint density at radius 3 is 2.69 bits per heavy atom. The summed E-state index contributed by atoms with van der Waals surface area (Å²) >= 11 is 5.97. The maximum absolute atomic E-state index is 12.3. The molecule has 1 heterocycles. The zero-order valence-electron chi connectivity index (χ0n) is 15.9. The van der Waals surface area contributed by atoms with Gasteiger partial charge in [-0.3, -0.25) is 13.8 Å². The van der Waals surface area contributed by atoms with E-state index in [-0.39, 0.29) is 28.7 Å². The van der Waals surface area contributed by atoms with E-state index >= 15 is 0 Å². The van der Waals surface area contributed by atoms with E-state index < -0.39 is 16.2 Å². The van der Waals surface area contributed by atoms with Crippen molar-refractivity contribution in [1.29, 1.82) is 0 Å². The van der Waals surface area contributed by atoms with Crippen LogP contribution < -0.4 is 15.1 Å². The summed E-state index contributed by atoms with van der Waals surface area (Å²) in [7, 11) is -1.70. The molecule has 0 saturated carbocycles. The minimum atomic E-state index is -4.05. The zero-order chi connectivity index (χ0) is 21.6. The predicted octanol–water partition coefficient (Wildman–Crippen LogP) is 2.47. The molecule has 0 spiro atoms. The molecule has 0 aliphatic carbocycles. The van der Waals surface area contributed by atoms with Crippen molar-refractivity contribution in [3.05, 3.63) is 46.7 Å². The maximum atomic E-state index is 12.3. The minimum absolute atomic E-state index is 0.125. The Hall–Kier alpha value is -2.84. The Morgan fingerprint density at radius 1 is 1.34 bits per heavy atom. The number of benzene rings is 1. The van der Waals surface area contributed by atoms with Crippen molar-refractivity contribution in [2.45, 2.75) is 6.92 Å². The lowest BCUT2D eigenvalue weighted by atomic mass is 10.1. The number of aromatic nitrogens is 1. The van der Waals surface area contributed by atoms with Gasteiger partial charge >= 0.3 is 10.3 Å². The van der Waals surface area contributed by atoms with E-state index in [0.29, 0.717) is 11.3 Å². The van der Waals surface area contributed by atoms with Crippen LogP contribution in [0.25, 0.3) is 0 Å². The number of hydroxylamine groups is 1. The topological polar surface area (TPSA) is 110 Å². The van der Waals surface area contributed by atoms with Crippen molar-refractivity contribution in [3.8, 4) is 12.3 Å². The van der Waals surface area contributed by atoms with Gasteiger partial charge < -0.3 is 5.32 Å². The Labute approximate surface area is 174 Å². The van der Waals surface area contributed by atoms with Crippen LogP contribution in [0.1, 0.15) is 22.8 Å². The van der Waals surface area contributed by atoms with E-state index in [2.05, 4.69) is 25.9 Å². The summed E-state index contributed by atoms with van der Waals surface area (Å²) in [6.07, 6.45) is 6.70. The van der Waals surface area contributed by atoms with Gasteiger partial charge in [0.25, 0.3) is 5.91 Å². The Morgan fingerprint density at radius 2 is 2.07 bits per heavy atom. The first-order valence-corrected chi connectivity index (χ1v) is 9.97. The quantitative estimate of drug-likeness (QED) is 0.370. The third-order valence-corrected chi connectivity index (χ3v) is 5.24. The normalized spacial score (nSPS) is 10.9. The van der Waals surface area contributed by atoms with Crippen LogP contribution in [0, 0.1) is 12.3 Å². The summed E-state index contributed by atoms with van der Waals surface area (Å²) in [5.74, 6) is 1.89. The third kappa shape index (κ3) is 5.36. The Kier molecular flexibility index (Phi) is 7.41. The smallest absolute Gasteiger partial charge is 0.353 e. The maximum Gasteiger partial charge on any atom is 0.362 e. The molecule has 1 aromatic carbocycles. The molecule has 154 valence electrons. The van der Waals surface area contributed by atoms with Crippen LogP contribution in [0.4, 0.5) is 17.1 Å². The van der Waals surface area contributed by atoms with Gasteiger partial charge in [0, 0.05) is 18.8 Å². The fraction of sp³-hybridized carbons (Fsp3) is 0.222. The molecule has 1 amide bonds. The lowest BCUT2D eigenvalue weighted by molar-refractivity contribution is 0.0365. The molecule has 0 aliphatic rings. The average Bonchev–Trinajstić information content (AvgIpc) is 2.71. The highest BCUT2D eigenvalue weighted by molar-refractivity contribution is 7.88. The molecule has 2 aromatic rings. The van der Waals surface area contributed by atoms with Gasteiger partial charge in [0.15, 0.2) is 0 Å². The largest absolute Gasteiger partial charge is 0.362 e. The third-order valence-electron chi connectivity index (χ3n) is 3.74. The minimum Gasteiger partial charge on any atom is -0.353 e. The molecule has 29 heavy (non-hydrogen) atoms. The first-order chi connectivity index (χ1) is 13.7. The molecule has 1 aromatic heterocycles. The van der Waals surface area contributed by atoms with E-state index in [4.69, 9.17) is 22.9 Å². The molecule has 0 unspecified atom stereocenters. The van der Waals surface area contributed by atoms with Crippen LogP contribution in [0.2, 0.25) is 5.15 Å². The van der Waals surface area contributed by atoms with Crippen LogP contribution in [0.3, 0.4) is 0 Å². The van der Waals surface area contributed by atoms with Gasteiger partial charge in [-0.05, 0) is 31.2 Å². The molecule has 0 saturated heterocycles. The van der Waals surface area contributed by atoms with Crippen molar-refractivity contribution < 1.29 is 22.2 Å². The van der Waals surface area contributed by atoms with Gasteiger partial charge in [-0.15, -0.1) is 6.42 Å². The number of hydrogen-bond donors (Lipinski definition) is 2. The summed E-state index contributed by atoms with van der Waals surface area (Å²) < 4.78 is 29.8. The second kappa shape index (κ2) is 9.58. The Balaban J connectivity index is 2.54. The number of carbonyl (C=O) groups is 1. The van der Waals surface area contributed by atoms with Crippen molar-refractivity contribution in [1.82, 2.24) is 10.5 Å². The second-order valence-electron chi connectivity index (χ2n) is 5.51. The number of halogens is 1. The molecule has 0 atom stereocenters. The number of pyridine rings is 1. The van der Waals surface area contributed by atoms with Gasteiger partial charge in [0.2, 0.25) is 0 Å². The number of terminal acetylenes is 1. The lowest BCUT2D eigenvalue weighted by Gasteiger charge is -2.22. The van der Waals surface area contributed by atoms with Crippen molar-refractivity contribution >= 4 is 44.9 Å². The molecule has 0 radical (unpaired) electrons. The van der Waals surface area contributed by atoms with Crippen molar-refractivity contribution in [3.63, 3.8) is 0 Å². The lowest BCUT2D eigenvalue weighted by Crippen LogP contribution is -2.28. The molecule has 0 bridgehead atoms. The van der Waals surface area contributed by atoms with Crippen LogP contribution in [0.15, 0.2) is 30.5 Å². The van der Waals surface area contributed by atoms with E-state index in [1.807, 2.05) is 0 Å². The number of hydrogen-bond acceptors (Lipinski definition) is 7.